The van der Waals surface area contributed by atoms with Crippen molar-refractivity contribution in [2.24, 2.45) is 0 Å². The average Bonchev–Trinajstić information content (AvgIpc) is 3.25. The largest absolute Gasteiger partial charge is 0.376 e. The summed E-state index contributed by atoms with van der Waals surface area (Å²) in [5.74, 6) is -0.183. The first kappa shape index (κ1) is 18.1. The van der Waals surface area contributed by atoms with E-state index in [0.29, 0.717) is 28.9 Å². The summed E-state index contributed by atoms with van der Waals surface area (Å²) in [6.07, 6.45) is 2.03. The van der Waals surface area contributed by atoms with Crippen molar-refractivity contribution in [1.29, 1.82) is 0 Å². The van der Waals surface area contributed by atoms with Gasteiger partial charge in [-0.2, -0.15) is 0 Å². The fraction of sp³-hybridized carbons (Fsp3) is 0.238. The maximum absolute atomic E-state index is 12.9. The van der Waals surface area contributed by atoms with Gasteiger partial charge < -0.3 is 10.1 Å². The number of amides is 1. The quantitative estimate of drug-likeness (QED) is 0.540. The Balaban J connectivity index is 1.68. The molecule has 1 N–H and O–H groups in total. The number of carbonyl (C=O) groups is 1. The lowest BCUT2D eigenvalue weighted by molar-refractivity contribution is -0.384. The summed E-state index contributed by atoms with van der Waals surface area (Å²) in [5.41, 5.74) is 2.54. The van der Waals surface area contributed by atoms with Crippen LogP contribution in [0.3, 0.4) is 0 Å². The Bertz CT molecular complexity index is 1030. The molecule has 1 saturated heterocycles. The summed E-state index contributed by atoms with van der Waals surface area (Å²) in [7, 11) is 0. The number of nitrogens with one attached hydrogen (secondary N) is 1. The van der Waals surface area contributed by atoms with Gasteiger partial charge in [-0.1, -0.05) is 18.2 Å². The Morgan fingerprint density at radius 2 is 2.00 bits per heavy atom. The molecule has 0 spiro atoms. The fourth-order valence-corrected chi connectivity index (χ4v) is 3.37. The van der Waals surface area contributed by atoms with E-state index in [9.17, 15) is 14.9 Å². The van der Waals surface area contributed by atoms with E-state index in [1.165, 1.54) is 12.1 Å². The number of aromatic nitrogens is 1. The fourth-order valence-electron chi connectivity index (χ4n) is 3.37. The zero-order valence-corrected chi connectivity index (χ0v) is 15.1. The van der Waals surface area contributed by atoms with Crippen LogP contribution in [-0.2, 0) is 4.74 Å². The number of para-hydroxylation sites is 1. The highest BCUT2D eigenvalue weighted by atomic mass is 16.6. The van der Waals surface area contributed by atoms with Crippen molar-refractivity contribution in [3.63, 3.8) is 0 Å². The molecule has 1 atom stereocenters. The monoisotopic (exact) mass is 377 g/mol. The predicted octanol–water partition coefficient (Wildman–Crippen LogP) is 3.72. The number of benzene rings is 2. The number of non-ortho nitro benzene ring substituents is 1. The van der Waals surface area contributed by atoms with Crippen LogP contribution in [0.15, 0.2) is 54.6 Å². The lowest BCUT2D eigenvalue weighted by atomic mass is 10.0. The third kappa shape index (κ3) is 3.70. The van der Waals surface area contributed by atoms with Crippen LogP contribution in [0.2, 0.25) is 0 Å². The summed E-state index contributed by atoms with van der Waals surface area (Å²) in [6.45, 7) is 1.21. The summed E-state index contributed by atoms with van der Waals surface area (Å²) < 4.78 is 5.57. The minimum atomic E-state index is -0.443. The molecule has 0 saturated carbocycles. The first-order valence-electron chi connectivity index (χ1n) is 9.16. The maximum Gasteiger partial charge on any atom is 0.269 e. The van der Waals surface area contributed by atoms with E-state index in [1.54, 1.807) is 18.2 Å². The molecule has 1 aliphatic rings. The van der Waals surface area contributed by atoms with Gasteiger partial charge in [0, 0.05) is 36.2 Å². The van der Waals surface area contributed by atoms with Gasteiger partial charge in [-0.05, 0) is 37.1 Å². The van der Waals surface area contributed by atoms with Crippen molar-refractivity contribution < 1.29 is 14.5 Å². The maximum atomic E-state index is 12.9. The molecule has 4 rings (SSSR count). The molecule has 1 fully saturated rings. The number of carbonyl (C=O) groups excluding carboxylic acids is 1. The molecule has 142 valence electrons. The van der Waals surface area contributed by atoms with Crippen LogP contribution in [0.25, 0.3) is 22.2 Å². The number of pyridine rings is 1. The molecule has 0 radical (unpaired) electrons. The van der Waals surface area contributed by atoms with Crippen LogP contribution in [0, 0.1) is 10.1 Å². The van der Waals surface area contributed by atoms with E-state index in [2.05, 4.69) is 10.3 Å². The zero-order chi connectivity index (χ0) is 19.5. The number of nitro benzene ring substituents is 1. The molecule has 0 unspecified atom stereocenters. The van der Waals surface area contributed by atoms with Crippen LogP contribution in [0.4, 0.5) is 5.69 Å². The highest BCUT2D eigenvalue weighted by molar-refractivity contribution is 6.07. The van der Waals surface area contributed by atoms with Crippen LogP contribution in [0.1, 0.15) is 23.2 Å². The number of hydrogen-bond acceptors (Lipinski definition) is 5. The van der Waals surface area contributed by atoms with Gasteiger partial charge in [-0.25, -0.2) is 4.98 Å². The first-order chi connectivity index (χ1) is 13.6. The van der Waals surface area contributed by atoms with Gasteiger partial charge in [0.05, 0.1) is 27.8 Å². The van der Waals surface area contributed by atoms with E-state index >= 15 is 0 Å². The molecule has 7 heteroatoms. The summed E-state index contributed by atoms with van der Waals surface area (Å²) in [5, 5.41) is 14.6. The van der Waals surface area contributed by atoms with E-state index in [0.717, 1.165) is 24.8 Å². The van der Waals surface area contributed by atoms with Gasteiger partial charge in [0.1, 0.15) is 0 Å². The molecule has 1 aliphatic heterocycles. The van der Waals surface area contributed by atoms with Crippen molar-refractivity contribution in [3.05, 3.63) is 70.3 Å². The van der Waals surface area contributed by atoms with Crippen molar-refractivity contribution >= 4 is 22.5 Å². The van der Waals surface area contributed by atoms with Gasteiger partial charge in [-0.3, -0.25) is 14.9 Å². The number of nitro groups is 1. The molecule has 28 heavy (non-hydrogen) atoms. The van der Waals surface area contributed by atoms with Crippen LogP contribution in [-0.4, -0.2) is 35.1 Å². The smallest absolute Gasteiger partial charge is 0.269 e. The van der Waals surface area contributed by atoms with E-state index in [1.807, 2.05) is 24.3 Å². The second-order valence-corrected chi connectivity index (χ2v) is 6.72. The second-order valence-electron chi connectivity index (χ2n) is 6.72. The Labute approximate surface area is 161 Å². The number of fused-ring (bicyclic) bond motifs is 1. The van der Waals surface area contributed by atoms with E-state index < -0.39 is 4.92 Å². The minimum absolute atomic E-state index is 0.0130. The van der Waals surface area contributed by atoms with Gasteiger partial charge in [0.15, 0.2) is 0 Å². The number of rotatable bonds is 5. The Morgan fingerprint density at radius 1 is 1.21 bits per heavy atom. The molecule has 2 aromatic carbocycles. The van der Waals surface area contributed by atoms with E-state index in [4.69, 9.17) is 4.74 Å². The molecular formula is C21H19N3O4. The highest BCUT2D eigenvalue weighted by Crippen LogP contribution is 2.26. The zero-order valence-electron chi connectivity index (χ0n) is 15.1. The summed E-state index contributed by atoms with van der Waals surface area (Å²) in [6, 6.07) is 15.3. The van der Waals surface area contributed by atoms with Gasteiger partial charge in [0.2, 0.25) is 0 Å². The topological polar surface area (TPSA) is 94.4 Å². The number of ether oxygens (including phenoxy) is 1. The summed E-state index contributed by atoms with van der Waals surface area (Å²) >= 11 is 0. The van der Waals surface area contributed by atoms with Gasteiger partial charge in [0.25, 0.3) is 11.6 Å². The first-order valence-corrected chi connectivity index (χ1v) is 9.16. The van der Waals surface area contributed by atoms with Crippen LogP contribution >= 0.6 is 0 Å². The Kier molecular flexibility index (Phi) is 4.99. The third-order valence-corrected chi connectivity index (χ3v) is 4.85. The molecule has 1 amide bonds. The number of nitrogens with zero attached hydrogens (tertiary/aromatic N) is 2. The van der Waals surface area contributed by atoms with Gasteiger partial charge >= 0.3 is 0 Å². The number of hydrogen-bond donors (Lipinski definition) is 1. The predicted molar refractivity (Wildman–Crippen MR) is 105 cm³/mol. The van der Waals surface area contributed by atoms with Crippen molar-refractivity contribution in [3.8, 4) is 11.3 Å². The standard InChI is InChI=1S/C21H19N3O4/c25-21(22-13-16-4-3-11-28-16)18-12-20(23-19-6-2-1-5-17(18)19)14-7-9-15(10-8-14)24(26)27/h1-2,5-10,12,16H,3-4,11,13H2,(H,22,25)/t16-/m1/s1. The molecule has 1 aromatic heterocycles. The Morgan fingerprint density at radius 3 is 2.71 bits per heavy atom. The van der Waals surface area contributed by atoms with E-state index in [-0.39, 0.29) is 17.7 Å². The SMILES string of the molecule is O=C(NC[C@H]1CCCO1)c1cc(-c2ccc([N+](=O)[O-])cc2)nc2ccccc12. The van der Waals surface area contributed by atoms with Gasteiger partial charge in [-0.15, -0.1) is 0 Å². The van der Waals surface area contributed by atoms with Crippen molar-refractivity contribution in [2.45, 2.75) is 18.9 Å². The van der Waals surface area contributed by atoms with Crippen molar-refractivity contribution in [2.75, 3.05) is 13.2 Å². The summed E-state index contributed by atoms with van der Waals surface area (Å²) in [4.78, 5) is 27.9. The Hall–Kier alpha value is -3.32. The molecule has 0 aliphatic carbocycles. The average molecular weight is 377 g/mol. The molecule has 7 nitrogen and oxygen atoms in total. The molecule has 0 bridgehead atoms. The molecular weight excluding hydrogens is 358 g/mol. The second kappa shape index (κ2) is 7.74. The van der Waals surface area contributed by atoms with Crippen LogP contribution < -0.4 is 5.32 Å². The normalized spacial score (nSPS) is 16.2. The molecule has 3 aromatic rings. The minimum Gasteiger partial charge on any atom is -0.376 e. The third-order valence-electron chi connectivity index (χ3n) is 4.85. The lowest BCUT2D eigenvalue weighted by Gasteiger charge is -2.13. The van der Waals surface area contributed by atoms with Crippen molar-refractivity contribution in [1.82, 2.24) is 10.3 Å². The highest BCUT2D eigenvalue weighted by Gasteiger charge is 2.19. The molecule has 2 heterocycles. The lowest BCUT2D eigenvalue weighted by Crippen LogP contribution is -2.31. The van der Waals surface area contributed by atoms with Crippen LogP contribution in [0.5, 0.6) is 0 Å².